The Hall–Kier alpha value is -3.20. The average Bonchev–Trinajstić information content (AvgIpc) is 3.20. The van der Waals surface area contributed by atoms with E-state index in [1.165, 1.54) is 18.2 Å². The second-order valence-electron chi connectivity index (χ2n) is 6.61. The minimum atomic E-state index is -3.74. The van der Waals surface area contributed by atoms with E-state index in [4.69, 9.17) is 4.42 Å². The maximum Gasteiger partial charge on any atom is 0.226 e. The SMILES string of the molecule is CN=C(NCCS(=O)(=O)c1ccccc1F)NCc1coc(-c2ccc(C)cc2)n1. The van der Waals surface area contributed by atoms with Gasteiger partial charge in [0.25, 0.3) is 0 Å². The van der Waals surface area contributed by atoms with Gasteiger partial charge in [0.05, 0.1) is 18.0 Å². The number of hydrogen-bond donors (Lipinski definition) is 2. The van der Waals surface area contributed by atoms with Gasteiger partial charge in [-0.1, -0.05) is 29.8 Å². The molecule has 0 amide bonds. The van der Waals surface area contributed by atoms with Crippen molar-refractivity contribution in [2.75, 3.05) is 19.3 Å². The fourth-order valence-corrected chi connectivity index (χ4v) is 3.96. The number of guanidine groups is 1. The molecule has 0 aliphatic heterocycles. The summed E-state index contributed by atoms with van der Waals surface area (Å²) in [6.45, 7) is 2.42. The molecule has 158 valence electrons. The van der Waals surface area contributed by atoms with Crippen LogP contribution in [-0.4, -0.2) is 38.7 Å². The molecule has 1 heterocycles. The molecule has 0 atom stereocenters. The van der Waals surface area contributed by atoms with E-state index in [2.05, 4.69) is 20.6 Å². The summed E-state index contributed by atoms with van der Waals surface area (Å²) in [5, 5.41) is 5.95. The summed E-state index contributed by atoms with van der Waals surface area (Å²) in [4.78, 5) is 8.19. The smallest absolute Gasteiger partial charge is 0.226 e. The summed E-state index contributed by atoms with van der Waals surface area (Å²) in [5.74, 6) is -0.101. The van der Waals surface area contributed by atoms with Crippen molar-refractivity contribution in [2.45, 2.75) is 18.4 Å². The Morgan fingerprint density at radius 2 is 1.87 bits per heavy atom. The van der Waals surface area contributed by atoms with E-state index in [1.807, 2.05) is 31.2 Å². The van der Waals surface area contributed by atoms with Crippen molar-refractivity contribution in [1.82, 2.24) is 15.6 Å². The molecular formula is C21H23FN4O3S. The Labute approximate surface area is 175 Å². The highest BCUT2D eigenvalue weighted by molar-refractivity contribution is 7.91. The van der Waals surface area contributed by atoms with Gasteiger partial charge in [0.2, 0.25) is 5.89 Å². The fraction of sp³-hybridized carbons (Fsp3) is 0.238. The Morgan fingerprint density at radius 1 is 1.13 bits per heavy atom. The quantitative estimate of drug-likeness (QED) is 0.442. The highest BCUT2D eigenvalue weighted by atomic mass is 32.2. The maximum absolute atomic E-state index is 13.7. The lowest BCUT2D eigenvalue weighted by molar-refractivity contribution is 0.566. The van der Waals surface area contributed by atoms with Crippen molar-refractivity contribution in [3.8, 4) is 11.5 Å². The zero-order chi connectivity index (χ0) is 21.6. The molecule has 7 nitrogen and oxygen atoms in total. The van der Waals surface area contributed by atoms with Gasteiger partial charge < -0.3 is 15.1 Å². The fourth-order valence-electron chi connectivity index (χ4n) is 2.72. The van der Waals surface area contributed by atoms with Crippen LogP contribution in [0.15, 0.2) is 69.1 Å². The highest BCUT2D eigenvalue weighted by Gasteiger charge is 2.18. The highest BCUT2D eigenvalue weighted by Crippen LogP contribution is 2.19. The summed E-state index contributed by atoms with van der Waals surface area (Å²) < 4.78 is 43.9. The molecule has 0 aliphatic carbocycles. The first-order valence-electron chi connectivity index (χ1n) is 9.32. The van der Waals surface area contributed by atoms with E-state index >= 15 is 0 Å². The maximum atomic E-state index is 13.7. The van der Waals surface area contributed by atoms with Crippen LogP contribution in [-0.2, 0) is 16.4 Å². The summed E-state index contributed by atoms with van der Waals surface area (Å²) in [6, 6.07) is 13.2. The van der Waals surface area contributed by atoms with E-state index in [9.17, 15) is 12.8 Å². The number of rotatable bonds is 7. The number of hydrogen-bond acceptors (Lipinski definition) is 5. The van der Waals surface area contributed by atoms with Gasteiger partial charge >= 0.3 is 0 Å². The molecule has 2 N–H and O–H groups in total. The monoisotopic (exact) mass is 430 g/mol. The lowest BCUT2D eigenvalue weighted by Crippen LogP contribution is -2.39. The number of aliphatic imine (C=N–C) groups is 1. The minimum absolute atomic E-state index is 0.0732. The number of sulfone groups is 1. The van der Waals surface area contributed by atoms with Gasteiger partial charge in [0.1, 0.15) is 17.0 Å². The number of oxazole rings is 1. The van der Waals surface area contributed by atoms with Crippen LogP contribution >= 0.6 is 0 Å². The summed E-state index contributed by atoms with van der Waals surface area (Å²) >= 11 is 0. The first kappa shape index (κ1) is 21.5. The van der Waals surface area contributed by atoms with E-state index in [-0.39, 0.29) is 17.2 Å². The molecule has 1 aromatic heterocycles. The number of nitrogens with zero attached hydrogens (tertiary/aromatic N) is 2. The van der Waals surface area contributed by atoms with Gasteiger partial charge in [0, 0.05) is 19.2 Å². The zero-order valence-corrected chi connectivity index (χ0v) is 17.5. The topological polar surface area (TPSA) is 96.6 Å². The van der Waals surface area contributed by atoms with Gasteiger partial charge in [-0.05, 0) is 31.2 Å². The van der Waals surface area contributed by atoms with Crippen LogP contribution in [0.2, 0.25) is 0 Å². The Morgan fingerprint density at radius 3 is 2.57 bits per heavy atom. The number of aromatic nitrogens is 1. The molecule has 0 saturated carbocycles. The summed E-state index contributed by atoms with van der Waals surface area (Å²) in [6.07, 6.45) is 1.55. The van der Waals surface area contributed by atoms with E-state index < -0.39 is 15.7 Å². The first-order chi connectivity index (χ1) is 14.4. The van der Waals surface area contributed by atoms with Crippen LogP contribution in [0.1, 0.15) is 11.3 Å². The first-order valence-corrected chi connectivity index (χ1v) is 11.0. The van der Waals surface area contributed by atoms with Gasteiger partial charge in [-0.25, -0.2) is 17.8 Å². The largest absolute Gasteiger partial charge is 0.444 e. The Kier molecular flexibility index (Phi) is 6.83. The lowest BCUT2D eigenvalue weighted by atomic mass is 10.1. The van der Waals surface area contributed by atoms with E-state index in [0.29, 0.717) is 24.1 Å². The van der Waals surface area contributed by atoms with Crippen LogP contribution in [0.5, 0.6) is 0 Å². The number of benzene rings is 2. The molecule has 3 aromatic rings. The summed E-state index contributed by atoms with van der Waals surface area (Å²) in [5.41, 5.74) is 2.71. The molecular weight excluding hydrogens is 407 g/mol. The lowest BCUT2D eigenvalue weighted by Gasteiger charge is -2.11. The second kappa shape index (κ2) is 9.53. The van der Waals surface area contributed by atoms with Gasteiger partial charge in [-0.3, -0.25) is 4.99 Å². The van der Waals surface area contributed by atoms with Crippen molar-refractivity contribution < 1.29 is 17.2 Å². The van der Waals surface area contributed by atoms with Crippen molar-refractivity contribution in [3.05, 3.63) is 71.9 Å². The molecule has 0 spiro atoms. The molecule has 30 heavy (non-hydrogen) atoms. The number of halogens is 1. The molecule has 0 aliphatic rings. The average molecular weight is 431 g/mol. The molecule has 2 aromatic carbocycles. The van der Waals surface area contributed by atoms with Crippen LogP contribution in [0.4, 0.5) is 4.39 Å². The Balaban J connectivity index is 1.52. The molecule has 0 saturated heterocycles. The number of nitrogens with one attached hydrogen (secondary N) is 2. The minimum Gasteiger partial charge on any atom is -0.444 e. The predicted molar refractivity (Wildman–Crippen MR) is 113 cm³/mol. The Bertz CT molecular complexity index is 1130. The molecule has 0 bridgehead atoms. The van der Waals surface area contributed by atoms with Crippen LogP contribution in [0.3, 0.4) is 0 Å². The van der Waals surface area contributed by atoms with E-state index in [0.717, 1.165) is 17.2 Å². The standard InChI is InChI=1S/C21H23FN4O3S/c1-15-7-9-16(10-8-15)20-26-17(14-29-20)13-25-21(23-2)24-11-12-30(27,28)19-6-4-3-5-18(19)22/h3-10,14H,11-13H2,1-2H3,(H2,23,24,25). The van der Waals surface area contributed by atoms with Gasteiger partial charge in [-0.2, -0.15) is 0 Å². The van der Waals surface area contributed by atoms with Crippen molar-refractivity contribution in [1.29, 1.82) is 0 Å². The zero-order valence-electron chi connectivity index (χ0n) is 16.7. The third kappa shape index (κ3) is 5.44. The van der Waals surface area contributed by atoms with Gasteiger partial charge in [-0.15, -0.1) is 0 Å². The molecule has 0 unspecified atom stereocenters. The molecule has 0 fully saturated rings. The molecule has 0 radical (unpaired) electrons. The molecule has 3 rings (SSSR count). The normalized spacial score (nSPS) is 12.0. The van der Waals surface area contributed by atoms with Crippen molar-refractivity contribution in [2.24, 2.45) is 4.99 Å². The van der Waals surface area contributed by atoms with Gasteiger partial charge in [0.15, 0.2) is 15.8 Å². The predicted octanol–water partition coefficient (Wildman–Crippen LogP) is 2.93. The van der Waals surface area contributed by atoms with Crippen LogP contribution in [0.25, 0.3) is 11.5 Å². The molecule has 9 heteroatoms. The summed E-state index contributed by atoms with van der Waals surface area (Å²) in [7, 11) is -2.17. The van der Waals surface area contributed by atoms with Crippen LogP contribution < -0.4 is 10.6 Å². The third-order valence-electron chi connectivity index (χ3n) is 4.35. The van der Waals surface area contributed by atoms with Crippen molar-refractivity contribution in [3.63, 3.8) is 0 Å². The van der Waals surface area contributed by atoms with Crippen molar-refractivity contribution >= 4 is 15.8 Å². The van der Waals surface area contributed by atoms with Crippen LogP contribution in [0, 0.1) is 12.7 Å². The van der Waals surface area contributed by atoms with E-state index in [1.54, 1.807) is 13.3 Å². The number of aryl methyl sites for hydroxylation is 1. The third-order valence-corrected chi connectivity index (χ3v) is 6.09. The second-order valence-corrected chi connectivity index (χ2v) is 8.69.